The monoisotopic (exact) mass is 361 g/mol. The van der Waals surface area contributed by atoms with Crippen molar-refractivity contribution in [1.29, 1.82) is 0 Å². The highest BCUT2D eigenvalue weighted by Crippen LogP contribution is 2.18. The van der Waals surface area contributed by atoms with Crippen molar-refractivity contribution >= 4 is 39.2 Å². The summed E-state index contributed by atoms with van der Waals surface area (Å²) in [6, 6.07) is 13.6. The second-order valence-corrected chi connectivity index (χ2v) is 5.55. The third kappa shape index (κ3) is 3.85. The summed E-state index contributed by atoms with van der Waals surface area (Å²) in [5, 5.41) is 2.74. The summed E-state index contributed by atoms with van der Waals surface area (Å²) < 4.78 is 0.900. The van der Waals surface area contributed by atoms with Gasteiger partial charge in [-0.1, -0.05) is 34.1 Å². The lowest BCUT2D eigenvalue weighted by atomic mass is 10.2. The van der Waals surface area contributed by atoms with Crippen LogP contribution in [0.3, 0.4) is 0 Å². The molecule has 0 aliphatic heterocycles. The molecule has 3 amide bonds. The van der Waals surface area contributed by atoms with Gasteiger partial charge in [0, 0.05) is 23.6 Å². The van der Waals surface area contributed by atoms with Crippen LogP contribution in [0.4, 0.5) is 16.2 Å². The number of carbonyl (C=O) groups is 2. The Hall–Kier alpha value is -2.34. The number of amides is 3. The minimum atomic E-state index is -0.479. The number of carbonyl (C=O) groups excluding carboxylic acids is 2. The van der Waals surface area contributed by atoms with Crippen molar-refractivity contribution in [3.05, 3.63) is 58.6 Å². The van der Waals surface area contributed by atoms with E-state index in [1.165, 1.54) is 6.92 Å². The average molecular weight is 362 g/mol. The van der Waals surface area contributed by atoms with Crippen LogP contribution in [-0.4, -0.2) is 11.9 Å². The Morgan fingerprint density at radius 2 is 1.77 bits per heavy atom. The molecule has 2 rings (SSSR count). The molecule has 0 fully saturated rings. The SMILES string of the molecule is CC(=O)N(C(=O)NCc1ccccc1Br)c1ccc(N)cc1. The molecule has 0 aliphatic rings. The number of nitrogens with zero attached hydrogens (tertiary/aromatic N) is 1. The van der Waals surface area contributed by atoms with E-state index in [9.17, 15) is 9.59 Å². The summed E-state index contributed by atoms with van der Waals surface area (Å²) in [6.45, 7) is 1.66. The molecule has 6 heteroatoms. The summed E-state index contributed by atoms with van der Waals surface area (Å²) in [5.41, 5.74) is 7.60. The minimum absolute atomic E-state index is 0.318. The average Bonchev–Trinajstić information content (AvgIpc) is 2.48. The molecule has 0 atom stereocenters. The predicted molar refractivity (Wildman–Crippen MR) is 90.4 cm³/mol. The number of nitrogen functional groups attached to an aromatic ring is 1. The van der Waals surface area contributed by atoms with Crippen LogP contribution < -0.4 is 16.0 Å². The van der Waals surface area contributed by atoms with Crippen LogP contribution in [0.25, 0.3) is 0 Å². The highest BCUT2D eigenvalue weighted by molar-refractivity contribution is 9.10. The molecule has 2 aromatic carbocycles. The van der Waals surface area contributed by atoms with Crippen molar-refractivity contribution in [1.82, 2.24) is 5.32 Å². The fourth-order valence-corrected chi connectivity index (χ4v) is 2.38. The van der Waals surface area contributed by atoms with Crippen molar-refractivity contribution < 1.29 is 9.59 Å². The van der Waals surface area contributed by atoms with E-state index in [1.807, 2.05) is 24.3 Å². The lowest BCUT2D eigenvalue weighted by Crippen LogP contribution is -2.42. The molecule has 0 aliphatic carbocycles. The van der Waals surface area contributed by atoms with E-state index in [2.05, 4.69) is 21.2 Å². The Labute approximate surface area is 137 Å². The van der Waals surface area contributed by atoms with Gasteiger partial charge in [-0.3, -0.25) is 4.79 Å². The molecule has 5 nitrogen and oxygen atoms in total. The van der Waals surface area contributed by atoms with Gasteiger partial charge in [0.05, 0.1) is 5.69 Å². The molecule has 0 saturated carbocycles. The van der Waals surface area contributed by atoms with E-state index in [0.29, 0.717) is 17.9 Å². The van der Waals surface area contributed by atoms with E-state index < -0.39 is 6.03 Å². The molecule has 0 radical (unpaired) electrons. The molecule has 0 aromatic heterocycles. The number of rotatable bonds is 3. The van der Waals surface area contributed by atoms with Crippen LogP contribution in [0, 0.1) is 0 Å². The minimum Gasteiger partial charge on any atom is -0.399 e. The maximum Gasteiger partial charge on any atom is 0.329 e. The highest BCUT2D eigenvalue weighted by atomic mass is 79.9. The standard InChI is InChI=1S/C16H16BrN3O2/c1-11(21)20(14-8-6-13(18)7-9-14)16(22)19-10-12-4-2-3-5-15(12)17/h2-9H,10,18H2,1H3,(H,19,22). The first-order chi connectivity index (χ1) is 10.5. The molecule has 22 heavy (non-hydrogen) atoms. The summed E-state index contributed by atoms with van der Waals surface area (Å²) >= 11 is 3.42. The largest absolute Gasteiger partial charge is 0.399 e. The van der Waals surface area contributed by atoms with Gasteiger partial charge >= 0.3 is 6.03 Å². The van der Waals surface area contributed by atoms with Crippen molar-refractivity contribution in [2.45, 2.75) is 13.5 Å². The fraction of sp³-hybridized carbons (Fsp3) is 0.125. The second-order valence-electron chi connectivity index (χ2n) is 4.70. The van der Waals surface area contributed by atoms with E-state index in [4.69, 9.17) is 5.73 Å². The molecule has 3 N–H and O–H groups in total. The summed E-state index contributed by atoms with van der Waals surface area (Å²) in [4.78, 5) is 25.2. The number of urea groups is 1. The molecular formula is C16H16BrN3O2. The van der Waals surface area contributed by atoms with Gasteiger partial charge in [0.2, 0.25) is 5.91 Å². The number of halogens is 1. The molecule has 0 bridgehead atoms. The van der Waals surface area contributed by atoms with Crippen molar-refractivity contribution in [2.75, 3.05) is 10.6 Å². The lowest BCUT2D eigenvalue weighted by Gasteiger charge is -2.20. The number of nitrogens with two attached hydrogens (primary N) is 1. The Morgan fingerprint density at radius 3 is 2.36 bits per heavy atom. The zero-order valence-electron chi connectivity index (χ0n) is 12.0. The summed E-state index contributed by atoms with van der Waals surface area (Å²) in [6.07, 6.45) is 0. The van der Waals surface area contributed by atoms with Crippen LogP contribution in [0.2, 0.25) is 0 Å². The zero-order chi connectivity index (χ0) is 16.1. The Bertz CT molecular complexity index is 686. The normalized spacial score (nSPS) is 10.1. The predicted octanol–water partition coefficient (Wildman–Crippen LogP) is 3.29. The first-order valence-corrected chi connectivity index (χ1v) is 7.46. The number of nitrogens with one attached hydrogen (secondary N) is 1. The maximum absolute atomic E-state index is 12.3. The van der Waals surface area contributed by atoms with E-state index in [-0.39, 0.29) is 5.91 Å². The van der Waals surface area contributed by atoms with Gasteiger partial charge in [-0.05, 0) is 35.9 Å². The Kier molecular flexibility index (Phi) is 5.16. The Morgan fingerprint density at radius 1 is 1.14 bits per heavy atom. The van der Waals surface area contributed by atoms with Gasteiger partial charge in [0.1, 0.15) is 0 Å². The topological polar surface area (TPSA) is 75.4 Å². The number of hydrogen-bond donors (Lipinski definition) is 2. The molecule has 0 heterocycles. The van der Waals surface area contributed by atoms with Crippen molar-refractivity contribution in [2.24, 2.45) is 0 Å². The van der Waals surface area contributed by atoms with E-state index in [0.717, 1.165) is 14.9 Å². The van der Waals surface area contributed by atoms with Crippen molar-refractivity contribution in [3.8, 4) is 0 Å². The molecular weight excluding hydrogens is 346 g/mol. The molecule has 0 unspecified atom stereocenters. The smallest absolute Gasteiger partial charge is 0.329 e. The molecule has 114 valence electrons. The third-order valence-electron chi connectivity index (χ3n) is 3.06. The van der Waals surface area contributed by atoms with E-state index >= 15 is 0 Å². The summed E-state index contributed by atoms with van der Waals surface area (Å²) in [5.74, 6) is -0.366. The number of anilines is 2. The lowest BCUT2D eigenvalue weighted by molar-refractivity contribution is -0.115. The number of imide groups is 1. The first kappa shape index (κ1) is 16.0. The summed E-state index contributed by atoms with van der Waals surface area (Å²) in [7, 11) is 0. The zero-order valence-corrected chi connectivity index (χ0v) is 13.6. The molecule has 0 spiro atoms. The second kappa shape index (κ2) is 7.09. The highest BCUT2D eigenvalue weighted by Gasteiger charge is 2.19. The maximum atomic E-state index is 12.3. The van der Waals surface area contributed by atoms with Gasteiger partial charge in [0.25, 0.3) is 0 Å². The molecule has 2 aromatic rings. The van der Waals surface area contributed by atoms with Crippen molar-refractivity contribution in [3.63, 3.8) is 0 Å². The van der Waals surface area contributed by atoms with Gasteiger partial charge in [-0.25, -0.2) is 9.69 Å². The van der Waals surface area contributed by atoms with Crippen LogP contribution in [0.5, 0.6) is 0 Å². The number of benzene rings is 2. The first-order valence-electron chi connectivity index (χ1n) is 6.66. The van der Waals surface area contributed by atoms with E-state index in [1.54, 1.807) is 24.3 Å². The number of hydrogen-bond acceptors (Lipinski definition) is 3. The van der Waals surface area contributed by atoms with Crippen LogP contribution in [0.1, 0.15) is 12.5 Å². The van der Waals surface area contributed by atoms with Crippen LogP contribution in [0.15, 0.2) is 53.0 Å². The van der Waals surface area contributed by atoms with Crippen LogP contribution in [-0.2, 0) is 11.3 Å². The van der Waals surface area contributed by atoms with Gasteiger partial charge < -0.3 is 11.1 Å². The van der Waals surface area contributed by atoms with Gasteiger partial charge in [0.15, 0.2) is 0 Å². The van der Waals surface area contributed by atoms with Gasteiger partial charge in [-0.2, -0.15) is 0 Å². The quantitative estimate of drug-likeness (QED) is 0.823. The molecule has 0 saturated heterocycles. The Balaban J connectivity index is 2.12. The fourth-order valence-electron chi connectivity index (χ4n) is 1.96. The van der Waals surface area contributed by atoms with Crippen LogP contribution >= 0.6 is 15.9 Å². The third-order valence-corrected chi connectivity index (χ3v) is 3.83. The van der Waals surface area contributed by atoms with Gasteiger partial charge in [-0.15, -0.1) is 0 Å².